The average molecular weight is 324 g/mol. The van der Waals surface area contributed by atoms with Crippen LogP contribution < -0.4 is 0 Å². The van der Waals surface area contributed by atoms with Crippen molar-refractivity contribution in [2.75, 3.05) is 39.3 Å². The maximum Gasteiger partial charge on any atom is 0.0443 e. The highest BCUT2D eigenvalue weighted by Crippen LogP contribution is 2.17. The molecule has 24 heavy (non-hydrogen) atoms. The molecule has 0 unspecified atom stereocenters. The van der Waals surface area contributed by atoms with Crippen LogP contribution in [0, 0.1) is 0 Å². The van der Waals surface area contributed by atoms with Crippen molar-refractivity contribution in [3.05, 3.63) is 71.3 Å². The summed E-state index contributed by atoms with van der Waals surface area (Å²) in [6.07, 6.45) is 1.90. The van der Waals surface area contributed by atoms with Crippen LogP contribution in [0.3, 0.4) is 0 Å². The molecule has 0 radical (unpaired) electrons. The van der Waals surface area contributed by atoms with Gasteiger partial charge in [0.2, 0.25) is 0 Å². The van der Waals surface area contributed by atoms with Crippen molar-refractivity contribution in [1.82, 2.24) is 9.80 Å². The van der Waals surface area contributed by atoms with Crippen molar-refractivity contribution in [3.63, 3.8) is 0 Å². The standard InChI is InChI=1S/C21H28N2O/c24-16-6-11-22-12-14-23(15-13-22)18-21-10-5-4-9-20(21)17-19-7-2-1-3-8-19/h1-5,7-10,24H,6,11-18H2. The van der Waals surface area contributed by atoms with E-state index in [4.69, 9.17) is 5.11 Å². The smallest absolute Gasteiger partial charge is 0.0443 e. The molecule has 0 amide bonds. The number of benzene rings is 2. The van der Waals surface area contributed by atoms with Crippen molar-refractivity contribution >= 4 is 0 Å². The number of hydrogen-bond acceptors (Lipinski definition) is 3. The summed E-state index contributed by atoms with van der Waals surface area (Å²) < 4.78 is 0. The van der Waals surface area contributed by atoms with Crippen LogP contribution in [0.25, 0.3) is 0 Å². The Hall–Kier alpha value is -1.68. The molecule has 0 aliphatic carbocycles. The highest BCUT2D eigenvalue weighted by atomic mass is 16.3. The van der Waals surface area contributed by atoms with Crippen molar-refractivity contribution in [2.24, 2.45) is 0 Å². The zero-order valence-corrected chi connectivity index (χ0v) is 14.4. The monoisotopic (exact) mass is 324 g/mol. The predicted molar refractivity (Wildman–Crippen MR) is 99.1 cm³/mol. The zero-order chi connectivity index (χ0) is 16.6. The summed E-state index contributed by atoms with van der Waals surface area (Å²) in [4.78, 5) is 5.02. The second-order valence-corrected chi connectivity index (χ2v) is 6.63. The van der Waals surface area contributed by atoms with Crippen LogP contribution >= 0.6 is 0 Å². The lowest BCUT2D eigenvalue weighted by atomic mass is 9.99. The molecule has 1 heterocycles. The van der Waals surface area contributed by atoms with Gasteiger partial charge in [0.1, 0.15) is 0 Å². The van der Waals surface area contributed by atoms with Gasteiger partial charge in [-0.25, -0.2) is 0 Å². The van der Waals surface area contributed by atoms with Crippen LogP contribution in [-0.4, -0.2) is 54.2 Å². The van der Waals surface area contributed by atoms with E-state index < -0.39 is 0 Å². The first-order valence-corrected chi connectivity index (χ1v) is 9.01. The summed E-state index contributed by atoms with van der Waals surface area (Å²) in [6.45, 7) is 6.82. The first-order valence-electron chi connectivity index (χ1n) is 9.01. The van der Waals surface area contributed by atoms with Crippen LogP contribution in [0.4, 0.5) is 0 Å². The number of hydrogen-bond donors (Lipinski definition) is 1. The number of piperazine rings is 1. The second-order valence-electron chi connectivity index (χ2n) is 6.63. The maximum atomic E-state index is 8.96. The van der Waals surface area contributed by atoms with Crippen molar-refractivity contribution < 1.29 is 5.11 Å². The molecule has 2 aromatic carbocycles. The van der Waals surface area contributed by atoms with Crippen molar-refractivity contribution in [2.45, 2.75) is 19.4 Å². The first-order chi connectivity index (χ1) is 11.8. The van der Waals surface area contributed by atoms with E-state index in [1.54, 1.807) is 0 Å². The zero-order valence-electron chi connectivity index (χ0n) is 14.4. The van der Waals surface area contributed by atoms with Crippen molar-refractivity contribution in [1.29, 1.82) is 0 Å². The minimum atomic E-state index is 0.299. The topological polar surface area (TPSA) is 26.7 Å². The molecule has 3 nitrogen and oxygen atoms in total. The van der Waals surface area contributed by atoms with E-state index in [0.717, 1.165) is 52.1 Å². The molecule has 0 atom stereocenters. The van der Waals surface area contributed by atoms with Crippen LogP contribution in [0.2, 0.25) is 0 Å². The fourth-order valence-electron chi connectivity index (χ4n) is 3.41. The molecule has 0 spiro atoms. The van der Waals surface area contributed by atoms with E-state index >= 15 is 0 Å². The Kier molecular flexibility index (Phi) is 6.41. The third-order valence-corrected chi connectivity index (χ3v) is 4.85. The van der Waals surface area contributed by atoms with E-state index in [9.17, 15) is 0 Å². The molecule has 3 heteroatoms. The molecular formula is C21H28N2O. The molecule has 1 aliphatic rings. The fourth-order valence-corrected chi connectivity index (χ4v) is 3.41. The second kappa shape index (κ2) is 8.97. The van der Waals surface area contributed by atoms with Gasteiger partial charge in [-0.3, -0.25) is 4.90 Å². The summed E-state index contributed by atoms with van der Waals surface area (Å²) in [5, 5.41) is 8.96. The van der Waals surface area contributed by atoms with Gasteiger partial charge in [-0.05, 0) is 29.5 Å². The number of rotatable bonds is 7. The van der Waals surface area contributed by atoms with E-state index in [1.807, 2.05) is 0 Å². The molecule has 1 aliphatic heterocycles. The van der Waals surface area contributed by atoms with Gasteiger partial charge in [0.25, 0.3) is 0 Å². The van der Waals surface area contributed by atoms with Gasteiger partial charge in [-0.1, -0.05) is 54.6 Å². The maximum absolute atomic E-state index is 8.96. The quantitative estimate of drug-likeness (QED) is 0.848. The van der Waals surface area contributed by atoms with Crippen LogP contribution in [-0.2, 0) is 13.0 Å². The van der Waals surface area contributed by atoms with Gasteiger partial charge >= 0.3 is 0 Å². The molecule has 0 aromatic heterocycles. The third kappa shape index (κ3) is 4.91. The minimum Gasteiger partial charge on any atom is -0.396 e. The molecule has 1 saturated heterocycles. The number of nitrogens with zero attached hydrogens (tertiary/aromatic N) is 2. The molecule has 1 N–H and O–H groups in total. The Labute approximate surface area is 145 Å². The van der Waals surface area contributed by atoms with Gasteiger partial charge in [0.05, 0.1) is 0 Å². The first kappa shape index (κ1) is 17.2. The van der Waals surface area contributed by atoms with Crippen molar-refractivity contribution in [3.8, 4) is 0 Å². The Morgan fingerprint density at radius 3 is 2.08 bits per heavy atom. The Balaban J connectivity index is 1.58. The summed E-state index contributed by atoms with van der Waals surface area (Å²) >= 11 is 0. The van der Waals surface area contributed by atoms with E-state index in [1.165, 1.54) is 16.7 Å². The van der Waals surface area contributed by atoms with Crippen LogP contribution in [0.5, 0.6) is 0 Å². The van der Waals surface area contributed by atoms with Crippen LogP contribution in [0.15, 0.2) is 54.6 Å². The van der Waals surface area contributed by atoms with E-state index in [-0.39, 0.29) is 0 Å². The normalized spacial score (nSPS) is 16.4. The lowest BCUT2D eigenvalue weighted by Crippen LogP contribution is -2.46. The average Bonchev–Trinajstić information content (AvgIpc) is 2.64. The lowest BCUT2D eigenvalue weighted by Gasteiger charge is -2.35. The van der Waals surface area contributed by atoms with Gasteiger partial charge < -0.3 is 10.0 Å². The highest BCUT2D eigenvalue weighted by molar-refractivity contribution is 5.32. The van der Waals surface area contributed by atoms with Gasteiger partial charge in [-0.2, -0.15) is 0 Å². The van der Waals surface area contributed by atoms with Crippen LogP contribution in [0.1, 0.15) is 23.1 Å². The molecular weight excluding hydrogens is 296 g/mol. The van der Waals surface area contributed by atoms with Gasteiger partial charge in [0, 0.05) is 45.9 Å². The van der Waals surface area contributed by atoms with E-state index in [0.29, 0.717) is 6.61 Å². The Morgan fingerprint density at radius 2 is 1.38 bits per heavy atom. The largest absolute Gasteiger partial charge is 0.396 e. The minimum absolute atomic E-state index is 0.299. The summed E-state index contributed by atoms with van der Waals surface area (Å²) in [5.41, 5.74) is 4.26. The number of aliphatic hydroxyl groups is 1. The van der Waals surface area contributed by atoms with Gasteiger partial charge in [-0.15, -0.1) is 0 Å². The van der Waals surface area contributed by atoms with Gasteiger partial charge in [0.15, 0.2) is 0 Å². The Morgan fingerprint density at radius 1 is 0.750 bits per heavy atom. The number of aliphatic hydroxyl groups excluding tert-OH is 1. The fraction of sp³-hybridized carbons (Fsp3) is 0.429. The highest BCUT2D eigenvalue weighted by Gasteiger charge is 2.17. The predicted octanol–water partition coefficient (Wildman–Crippen LogP) is 2.78. The third-order valence-electron chi connectivity index (χ3n) is 4.85. The molecule has 3 rings (SSSR count). The summed E-state index contributed by atoms with van der Waals surface area (Å²) in [5.74, 6) is 0. The molecule has 0 bridgehead atoms. The Bertz CT molecular complexity index is 606. The lowest BCUT2D eigenvalue weighted by molar-refractivity contribution is 0.119. The molecule has 0 saturated carbocycles. The summed E-state index contributed by atoms with van der Waals surface area (Å²) in [7, 11) is 0. The SMILES string of the molecule is OCCCN1CCN(Cc2ccccc2Cc2ccccc2)CC1. The summed E-state index contributed by atoms with van der Waals surface area (Å²) in [6, 6.07) is 19.6. The molecule has 1 fully saturated rings. The molecule has 128 valence electrons. The van der Waals surface area contributed by atoms with E-state index in [2.05, 4.69) is 64.4 Å². The molecule has 2 aromatic rings.